The quantitative estimate of drug-likeness (QED) is 0.742. The highest BCUT2D eigenvalue weighted by atomic mass is 35.5. The van der Waals surface area contributed by atoms with E-state index in [1.54, 1.807) is 13.2 Å². The second-order valence-corrected chi connectivity index (χ2v) is 4.92. The Morgan fingerprint density at radius 3 is 2.86 bits per heavy atom. The van der Waals surface area contributed by atoms with Gasteiger partial charge in [-0.05, 0) is 30.3 Å². The van der Waals surface area contributed by atoms with E-state index in [2.05, 4.69) is 21.2 Å². The van der Waals surface area contributed by atoms with Gasteiger partial charge >= 0.3 is 0 Å². The lowest BCUT2D eigenvalue weighted by Gasteiger charge is -2.11. The van der Waals surface area contributed by atoms with E-state index >= 15 is 0 Å². The number of benzene rings is 2. The van der Waals surface area contributed by atoms with Crippen molar-refractivity contribution in [1.29, 1.82) is 0 Å². The number of terminal acetylenes is 1. The Hall–Kier alpha value is -2.77. The summed E-state index contributed by atoms with van der Waals surface area (Å²) in [4.78, 5) is 8.53. The number of nitrogens with zero attached hydrogens (tertiary/aromatic N) is 2. The number of hydrogen-bond donors (Lipinski definition) is 1. The first kappa shape index (κ1) is 14.2. The molecule has 3 aromatic rings. The summed E-state index contributed by atoms with van der Waals surface area (Å²) in [6.45, 7) is 0. The fraction of sp³-hybridized carbons (Fsp3) is 0.0588. The molecule has 0 amide bonds. The van der Waals surface area contributed by atoms with Crippen molar-refractivity contribution in [3.05, 3.63) is 53.3 Å². The highest BCUT2D eigenvalue weighted by molar-refractivity contribution is 6.34. The molecule has 0 bridgehead atoms. The molecule has 1 N–H and O–H groups in total. The molecule has 4 nitrogen and oxygen atoms in total. The molecule has 0 aliphatic rings. The van der Waals surface area contributed by atoms with Crippen LogP contribution in [0.2, 0.25) is 5.02 Å². The second kappa shape index (κ2) is 5.92. The van der Waals surface area contributed by atoms with Crippen molar-refractivity contribution in [3.8, 4) is 18.1 Å². The van der Waals surface area contributed by atoms with Gasteiger partial charge < -0.3 is 10.1 Å². The molecule has 0 saturated heterocycles. The van der Waals surface area contributed by atoms with E-state index in [0.29, 0.717) is 22.1 Å². The summed E-state index contributed by atoms with van der Waals surface area (Å²) < 4.78 is 5.25. The number of anilines is 2. The Labute approximate surface area is 133 Å². The molecule has 0 saturated carbocycles. The molecular formula is C17H12ClN3O. The number of fused-ring (bicyclic) bond motifs is 1. The van der Waals surface area contributed by atoms with Crippen molar-refractivity contribution in [1.82, 2.24) is 9.97 Å². The van der Waals surface area contributed by atoms with Crippen LogP contribution in [0.1, 0.15) is 5.56 Å². The van der Waals surface area contributed by atoms with Gasteiger partial charge in [0.25, 0.3) is 0 Å². The van der Waals surface area contributed by atoms with Crippen molar-refractivity contribution in [2.45, 2.75) is 0 Å². The zero-order chi connectivity index (χ0) is 15.5. The summed E-state index contributed by atoms with van der Waals surface area (Å²) in [7, 11) is 1.62. The van der Waals surface area contributed by atoms with Gasteiger partial charge in [0, 0.05) is 10.9 Å². The van der Waals surface area contributed by atoms with Gasteiger partial charge in [0.1, 0.15) is 17.9 Å². The van der Waals surface area contributed by atoms with E-state index < -0.39 is 0 Å². The van der Waals surface area contributed by atoms with E-state index in [-0.39, 0.29) is 0 Å². The lowest BCUT2D eigenvalue weighted by molar-refractivity contribution is 0.415. The van der Waals surface area contributed by atoms with Crippen molar-refractivity contribution >= 4 is 34.0 Å². The van der Waals surface area contributed by atoms with Crippen LogP contribution in [0.4, 0.5) is 11.5 Å². The Bertz CT molecular complexity index is 887. The minimum absolute atomic E-state index is 0.486. The van der Waals surface area contributed by atoms with Gasteiger partial charge in [-0.25, -0.2) is 9.97 Å². The normalized spacial score (nSPS) is 10.2. The summed E-state index contributed by atoms with van der Waals surface area (Å²) in [5.74, 6) is 3.92. The van der Waals surface area contributed by atoms with E-state index in [1.165, 1.54) is 6.33 Å². The van der Waals surface area contributed by atoms with Gasteiger partial charge in [0.15, 0.2) is 0 Å². The largest absolute Gasteiger partial charge is 0.497 e. The number of rotatable bonds is 3. The zero-order valence-corrected chi connectivity index (χ0v) is 12.6. The third-order valence-electron chi connectivity index (χ3n) is 3.25. The van der Waals surface area contributed by atoms with Crippen LogP contribution in [0, 0.1) is 12.3 Å². The molecule has 0 atom stereocenters. The molecular weight excluding hydrogens is 298 g/mol. The number of halogens is 1. The molecule has 5 heteroatoms. The summed E-state index contributed by atoms with van der Waals surface area (Å²) in [6.07, 6.45) is 6.93. The first-order valence-corrected chi connectivity index (χ1v) is 6.91. The van der Waals surface area contributed by atoms with Crippen LogP contribution in [-0.2, 0) is 0 Å². The monoisotopic (exact) mass is 309 g/mol. The first-order chi connectivity index (χ1) is 10.7. The SMILES string of the molecule is C#Cc1cccc(Nc2ncnc3ccc(OC)cc23)c1Cl. The number of hydrogen-bond acceptors (Lipinski definition) is 4. The van der Waals surface area contributed by atoms with Crippen molar-refractivity contribution in [2.75, 3.05) is 12.4 Å². The van der Waals surface area contributed by atoms with E-state index in [4.69, 9.17) is 22.8 Å². The zero-order valence-electron chi connectivity index (χ0n) is 11.8. The third kappa shape index (κ3) is 2.54. The van der Waals surface area contributed by atoms with Crippen LogP contribution in [-0.4, -0.2) is 17.1 Å². The molecule has 0 spiro atoms. The average molecular weight is 310 g/mol. The highest BCUT2D eigenvalue weighted by Gasteiger charge is 2.09. The maximum atomic E-state index is 6.30. The summed E-state index contributed by atoms with van der Waals surface area (Å²) in [6, 6.07) is 11.1. The Morgan fingerprint density at radius 1 is 1.23 bits per heavy atom. The van der Waals surface area contributed by atoms with E-state index in [1.807, 2.05) is 30.3 Å². The summed E-state index contributed by atoms with van der Waals surface area (Å²) in [5, 5.41) is 4.53. The second-order valence-electron chi connectivity index (χ2n) is 4.54. The molecule has 0 aliphatic heterocycles. The fourth-order valence-electron chi connectivity index (χ4n) is 2.13. The number of methoxy groups -OCH3 is 1. The van der Waals surface area contributed by atoms with E-state index in [0.717, 1.165) is 16.7 Å². The van der Waals surface area contributed by atoms with Gasteiger partial charge in [-0.1, -0.05) is 23.6 Å². The fourth-order valence-corrected chi connectivity index (χ4v) is 2.36. The molecule has 108 valence electrons. The van der Waals surface area contributed by atoms with Crippen LogP contribution in [0.25, 0.3) is 10.9 Å². The summed E-state index contributed by atoms with van der Waals surface area (Å²) in [5.41, 5.74) is 2.13. The Kier molecular flexibility index (Phi) is 3.82. The van der Waals surface area contributed by atoms with Crippen LogP contribution < -0.4 is 10.1 Å². The van der Waals surface area contributed by atoms with Crippen LogP contribution in [0.5, 0.6) is 5.75 Å². The lowest BCUT2D eigenvalue weighted by Crippen LogP contribution is -1.98. The molecule has 0 aliphatic carbocycles. The van der Waals surface area contributed by atoms with E-state index in [9.17, 15) is 0 Å². The molecule has 0 fully saturated rings. The maximum absolute atomic E-state index is 6.30. The van der Waals surface area contributed by atoms with Gasteiger partial charge in [0.2, 0.25) is 0 Å². The molecule has 0 unspecified atom stereocenters. The lowest BCUT2D eigenvalue weighted by atomic mass is 10.2. The van der Waals surface area contributed by atoms with Crippen molar-refractivity contribution in [2.24, 2.45) is 0 Å². The topological polar surface area (TPSA) is 47.0 Å². The number of aromatic nitrogens is 2. The Morgan fingerprint density at radius 2 is 2.09 bits per heavy atom. The maximum Gasteiger partial charge on any atom is 0.141 e. The van der Waals surface area contributed by atoms with Crippen LogP contribution >= 0.6 is 11.6 Å². The molecule has 0 radical (unpaired) electrons. The Balaban J connectivity index is 2.10. The smallest absolute Gasteiger partial charge is 0.141 e. The van der Waals surface area contributed by atoms with Gasteiger partial charge in [-0.3, -0.25) is 0 Å². The number of nitrogens with one attached hydrogen (secondary N) is 1. The minimum atomic E-state index is 0.486. The molecule has 1 heterocycles. The van der Waals surface area contributed by atoms with Gasteiger partial charge in [-0.15, -0.1) is 6.42 Å². The van der Waals surface area contributed by atoms with Gasteiger partial charge in [-0.2, -0.15) is 0 Å². The highest BCUT2D eigenvalue weighted by Crippen LogP contribution is 2.31. The third-order valence-corrected chi connectivity index (χ3v) is 3.66. The summed E-state index contributed by atoms with van der Waals surface area (Å²) >= 11 is 6.30. The molecule has 1 aromatic heterocycles. The molecule has 2 aromatic carbocycles. The van der Waals surface area contributed by atoms with Crippen LogP contribution in [0.15, 0.2) is 42.7 Å². The first-order valence-electron chi connectivity index (χ1n) is 6.54. The minimum Gasteiger partial charge on any atom is -0.497 e. The predicted molar refractivity (Wildman–Crippen MR) is 88.8 cm³/mol. The number of ether oxygens (including phenoxy) is 1. The molecule has 3 rings (SSSR count). The van der Waals surface area contributed by atoms with Gasteiger partial charge in [0.05, 0.1) is 23.3 Å². The van der Waals surface area contributed by atoms with Crippen molar-refractivity contribution in [3.63, 3.8) is 0 Å². The molecule has 22 heavy (non-hydrogen) atoms. The predicted octanol–water partition coefficient (Wildman–Crippen LogP) is 4.02. The van der Waals surface area contributed by atoms with Crippen molar-refractivity contribution < 1.29 is 4.74 Å². The average Bonchev–Trinajstić information content (AvgIpc) is 2.56. The van der Waals surface area contributed by atoms with Crippen LogP contribution in [0.3, 0.4) is 0 Å². The standard InChI is InChI=1S/C17H12ClN3O/c1-3-11-5-4-6-15(16(11)18)21-17-13-9-12(22-2)7-8-14(13)19-10-20-17/h1,4-10H,2H3,(H,19,20,21).